The van der Waals surface area contributed by atoms with Crippen LogP contribution in [0.15, 0.2) is 23.2 Å². The SMILES string of the molecule is CCOCC1CCN(C(=NC)NCCc2cc(F)ccc2F)C1.I. The van der Waals surface area contributed by atoms with Crippen LogP contribution in [-0.2, 0) is 11.2 Å². The van der Waals surface area contributed by atoms with E-state index in [-0.39, 0.29) is 29.8 Å². The predicted molar refractivity (Wildman–Crippen MR) is 103 cm³/mol. The number of halogens is 3. The van der Waals surface area contributed by atoms with Gasteiger partial charge in [0.1, 0.15) is 11.6 Å². The topological polar surface area (TPSA) is 36.9 Å². The normalized spacial score (nSPS) is 17.8. The third kappa shape index (κ3) is 6.16. The first-order valence-electron chi connectivity index (χ1n) is 8.11. The van der Waals surface area contributed by atoms with E-state index in [1.807, 2.05) is 6.92 Å². The molecule has 0 aromatic heterocycles. The van der Waals surface area contributed by atoms with E-state index in [2.05, 4.69) is 15.2 Å². The fraction of sp³-hybridized carbons (Fsp3) is 0.588. The molecular weight excluding hydrogens is 427 g/mol. The van der Waals surface area contributed by atoms with Crippen LogP contribution < -0.4 is 5.32 Å². The Hall–Kier alpha value is -0.960. The van der Waals surface area contributed by atoms with Gasteiger partial charge in [0.05, 0.1) is 6.61 Å². The van der Waals surface area contributed by atoms with Gasteiger partial charge in [-0.3, -0.25) is 4.99 Å². The van der Waals surface area contributed by atoms with E-state index in [1.165, 1.54) is 6.07 Å². The van der Waals surface area contributed by atoms with Crippen LogP contribution in [0.4, 0.5) is 8.78 Å². The van der Waals surface area contributed by atoms with Gasteiger partial charge in [0.25, 0.3) is 0 Å². The van der Waals surface area contributed by atoms with Crippen LogP contribution in [0.2, 0.25) is 0 Å². The molecule has 4 nitrogen and oxygen atoms in total. The Balaban J connectivity index is 0.00000288. The number of hydrogen-bond acceptors (Lipinski definition) is 2. The molecule has 0 saturated carbocycles. The van der Waals surface area contributed by atoms with Crippen molar-refractivity contribution in [3.8, 4) is 0 Å². The molecule has 1 unspecified atom stereocenters. The molecule has 1 aromatic carbocycles. The quantitative estimate of drug-likeness (QED) is 0.409. The Kier molecular flexibility index (Phi) is 9.50. The molecule has 0 spiro atoms. The summed E-state index contributed by atoms with van der Waals surface area (Å²) in [7, 11) is 1.74. The molecule has 1 atom stereocenters. The number of guanidine groups is 1. The second-order valence-corrected chi connectivity index (χ2v) is 5.72. The van der Waals surface area contributed by atoms with Crippen molar-refractivity contribution >= 4 is 29.9 Å². The fourth-order valence-electron chi connectivity index (χ4n) is 2.82. The van der Waals surface area contributed by atoms with E-state index in [4.69, 9.17) is 4.74 Å². The molecular formula is C17H26F2IN3O. The van der Waals surface area contributed by atoms with E-state index in [0.29, 0.717) is 24.4 Å². The van der Waals surface area contributed by atoms with Gasteiger partial charge < -0.3 is 15.0 Å². The maximum Gasteiger partial charge on any atom is 0.193 e. The number of rotatable bonds is 6. The predicted octanol–water partition coefficient (Wildman–Crippen LogP) is 3.06. The number of nitrogens with zero attached hydrogens (tertiary/aromatic N) is 2. The molecule has 0 radical (unpaired) electrons. The first kappa shape index (κ1) is 21.1. The van der Waals surface area contributed by atoms with Crippen molar-refractivity contribution in [2.45, 2.75) is 19.8 Å². The summed E-state index contributed by atoms with van der Waals surface area (Å²) in [5, 5.41) is 3.23. The van der Waals surface area contributed by atoms with Crippen molar-refractivity contribution in [2.75, 3.05) is 39.9 Å². The second-order valence-electron chi connectivity index (χ2n) is 5.72. The van der Waals surface area contributed by atoms with Gasteiger partial charge in [0, 0.05) is 39.2 Å². The lowest BCUT2D eigenvalue weighted by atomic mass is 10.1. The second kappa shape index (κ2) is 10.8. The molecule has 1 fully saturated rings. The number of hydrogen-bond donors (Lipinski definition) is 1. The van der Waals surface area contributed by atoms with Crippen molar-refractivity contribution < 1.29 is 13.5 Å². The Morgan fingerprint density at radius 2 is 2.21 bits per heavy atom. The van der Waals surface area contributed by atoms with Gasteiger partial charge in [-0.1, -0.05) is 0 Å². The lowest BCUT2D eigenvalue weighted by molar-refractivity contribution is 0.114. The zero-order valence-electron chi connectivity index (χ0n) is 14.2. The fourth-order valence-corrected chi connectivity index (χ4v) is 2.82. The molecule has 7 heteroatoms. The Morgan fingerprint density at radius 3 is 2.92 bits per heavy atom. The molecule has 1 aromatic rings. The number of ether oxygens (including phenoxy) is 1. The minimum absolute atomic E-state index is 0. The van der Waals surface area contributed by atoms with Gasteiger partial charge in [-0.15, -0.1) is 24.0 Å². The lowest BCUT2D eigenvalue weighted by Crippen LogP contribution is -2.41. The minimum atomic E-state index is -0.413. The van der Waals surface area contributed by atoms with E-state index in [0.717, 1.165) is 50.8 Å². The van der Waals surface area contributed by atoms with Gasteiger partial charge in [0.15, 0.2) is 5.96 Å². The molecule has 24 heavy (non-hydrogen) atoms. The summed E-state index contributed by atoms with van der Waals surface area (Å²) < 4.78 is 32.2. The number of aliphatic imine (C=N–C) groups is 1. The van der Waals surface area contributed by atoms with Gasteiger partial charge in [0.2, 0.25) is 0 Å². The Labute approximate surface area is 159 Å². The summed E-state index contributed by atoms with van der Waals surface area (Å²) in [6, 6.07) is 3.54. The maximum atomic E-state index is 13.6. The van der Waals surface area contributed by atoms with Crippen LogP contribution in [0.5, 0.6) is 0 Å². The molecule has 1 N–H and O–H groups in total. The van der Waals surface area contributed by atoms with Crippen LogP contribution in [-0.4, -0.2) is 50.8 Å². The molecule has 1 heterocycles. The first-order valence-corrected chi connectivity index (χ1v) is 8.11. The minimum Gasteiger partial charge on any atom is -0.381 e. The van der Waals surface area contributed by atoms with E-state index < -0.39 is 5.82 Å². The average Bonchev–Trinajstić information content (AvgIpc) is 3.01. The van der Waals surface area contributed by atoms with Crippen molar-refractivity contribution in [1.82, 2.24) is 10.2 Å². The van der Waals surface area contributed by atoms with Crippen LogP contribution in [0.25, 0.3) is 0 Å². The molecule has 1 aliphatic rings. The lowest BCUT2D eigenvalue weighted by Gasteiger charge is -2.21. The van der Waals surface area contributed by atoms with Crippen molar-refractivity contribution in [3.05, 3.63) is 35.4 Å². The molecule has 1 aliphatic heterocycles. The Morgan fingerprint density at radius 1 is 1.42 bits per heavy atom. The highest BCUT2D eigenvalue weighted by molar-refractivity contribution is 14.0. The molecule has 0 aliphatic carbocycles. The molecule has 0 amide bonds. The zero-order chi connectivity index (χ0) is 16.7. The highest BCUT2D eigenvalue weighted by Gasteiger charge is 2.24. The summed E-state index contributed by atoms with van der Waals surface area (Å²) in [6.07, 6.45) is 1.50. The highest BCUT2D eigenvalue weighted by atomic mass is 127. The van der Waals surface area contributed by atoms with Gasteiger partial charge in [-0.25, -0.2) is 8.78 Å². The van der Waals surface area contributed by atoms with E-state index in [1.54, 1.807) is 7.05 Å². The van der Waals surface area contributed by atoms with Gasteiger partial charge in [-0.2, -0.15) is 0 Å². The van der Waals surface area contributed by atoms with Crippen LogP contribution in [0, 0.1) is 17.6 Å². The standard InChI is InChI=1S/C17H25F2N3O.HI/c1-3-23-12-13-7-9-22(11-13)17(20-2)21-8-6-14-10-15(18)4-5-16(14)19;/h4-5,10,13H,3,6-9,11-12H2,1-2H3,(H,20,21);1H. The summed E-state index contributed by atoms with van der Waals surface area (Å²) >= 11 is 0. The van der Waals surface area contributed by atoms with Crippen LogP contribution in [0.3, 0.4) is 0 Å². The molecule has 2 rings (SSSR count). The third-order valence-corrected chi connectivity index (χ3v) is 4.04. The van der Waals surface area contributed by atoms with Crippen LogP contribution >= 0.6 is 24.0 Å². The van der Waals surface area contributed by atoms with Crippen LogP contribution in [0.1, 0.15) is 18.9 Å². The Bertz CT molecular complexity index is 543. The van der Waals surface area contributed by atoms with Crippen molar-refractivity contribution in [1.29, 1.82) is 0 Å². The summed E-state index contributed by atoms with van der Waals surface area (Å²) in [5.41, 5.74) is 0.378. The highest BCUT2D eigenvalue weighted by Crippen LogP contribution is 2.16. The number of benzene rings is 1. The molecule has 1 saturated heterocycles. The zero-order valence-corrected chi connectivity index (χ0v) is 16.6. The van der Waals surface area contributed by atoms with Gasteiger partial charge in [-0.05, 0) is 43.5 Å². The summed E-state index contributed by atoms with van der Waals surface area (Å²) in [4.78, 5) is 6.46. The molecule has 136 valence electrons. The van der Waals surface area contributed by atoms with E-state index >= 15 is 0 Å². The first-order chi connectivity index (χ1) is 11.1. The van der Waals surface area contributed by atoms with E-state index in [9.17, 15) is 8.78 Å². The van der Waals surface area contributed by atoms with Crippen molar-refractivity contribution in [3.63, 3.8) is 0 Å². The summed E-state index contributed by atoms with van der Waals surface area (Å²) in [6.45, 7) is 5.87. The number of likely N-dealkylation sites (tertiary alicyclic amines) is 1. The average molecular weight is 453 g/mol. The smallest absolute Gasteiger partial charge is 0.193 e. The summed E-state index contributed by atoms with van der Waals surface area (Å²) in [5.74, 6) is 0.542. The van der Waals surface area contributed by atoms with Crippen molar-refractivity contribution in [2.24, 2.45) is 10.9 Å². The maximum absolute atomic E-state index is 13.6. The number of nitrogens with one attached hydrogen (secondary N) is 1. The molecule has 0 bridgehead atoms. The monoisotopic (exact) mass is 453 g/mol. The largest absolute Gasteiger partial charge is 0.381 e. The third-order valence-electron chi connectivity index (χ3n) is 4.04. The van der Waals surface area contributed by atoms with Gasteiger partial charge >= 0.3 is 0 Å².